The Morgan fingerprint density at radius 3 is 2.17 bits per heavy atom. The third-order valence-electron chi connectivity index (χ3n) is 5.42. The van der Waals surface area contributed by atoms with Gasteiger partial charge in [0.1, 0.15) is 5.75 Å². The summed E-state index contributed by atoms with van der Waals surface area (Å²) in [6.45, 7) is 4.37. The molecule has 9 heteroatoms. The predicted octanol–water partition coefficient (Wildman–Crippen LogP) is 4.69. The van der Waals surface area contributed by atoms with Crippen LogP contribution in [0.2, 0.25) is 0 Å². The second-order valence-electron chi connectivity index (χ2n) is 7.90. The standard InChI is InChI=1S/C26H26N4O3S2/c1-3-29(21-10-6-4-7-11-21)25(31)18-34-26-28-27-24(30(26)22-12-8-5-9-13-22)19-35(32,33)23-16-14-20(2)15-17-23/h4-17H,3,18-19H2,1-2H3. The Labute approximate surface area is 209 Å². The van der Waals surface area contributed by atoms with Crippen molar-refractivity contribution < 1.29 is 13.2 Å². The van der Waals surface area contributed by atoms with Gasteiger partial charge in [0.15, 0.2) is 20.8 Å². The van der Waals surface area contributed by atoms with Crippen LogP contribution in [0.3, 0.4) is 0 Å². The van der Waals surface area contributed by atoms with Crippen LogP contribution in [0.25, 0.3) is 5.69 Å². The zero-order valence-corrected chi connectivity index (χ0v) is 21.2. The molecule has 0 bridgehead atoms. The van der Waals surface area contributed by atoms with Crippen LogP contribution in [0.15, 0.2) is 95.0 Å². The highest BCUT2D eigenvalue weighted by Gasteiger charge is 2.23. The summed E-state index contributed by atoms with van der Waals surface area (Å²) in [6, 6.07) is 25.6. The average Bonchev–Trinajstić information content (AvgIpc) is 3.26. The van der Waals surface area contributed by atoms with E-state index in [9.17, 15) is 13.2 Å². The summed E-state index contributed by atoms with van der Waals surface area (Å²) in [5, 5.41) is 8.93. The monoisotopic (exact) mass is 506 g/mol. The zero-order valence-electron chi connectivity index (χ0n) is 19.5. The van der Waals surface area contributed by atoms with E-state index in [4.69, 9.17) is 0 Å². The molecule has 0 N–H and O–H groups in total. The third-order valence-corrected chi connectivity index (χ3v) is 7.97. The van der Waals surface area contributed by atoms with E-state index in [1.165, 1.54) is 11.8 Å². The molecule has 0 saturated carbocycles. The number of thioether (sulfide) groups is 1. The van der Waals surface area contributed by atoms with Gasteiger partial charge in [-0.05, 0) is 50.2 Å². The summed E-state index contributed by atoms with van der Waals surface area (Å²) < 4.78 is 27.9. The number of hydrogen-bond acceptors (Lipinski definition) is 6. The number of hydrogen-bond donors (Lipinski definition) is 0. The van der Waals surface area contributed by atoms with Crippen molar-refractivity contribution in [3.8, 4) is 5.69 Å². The predicted molar refractivity (Wildman–Crippen MR) is 139 cm³/mol. The molecule has 0 aliphatic carbocycles. The number of anilines is 1. The molecule has 1 aromatic heterocycles. The third kappa shape index (κ3) is 5.80. The molecule has 0 atom stereocenters. The smallest absolute Gasteiger partial charge is 0.237 e. The van der Waals surface area contributed by atoms with Gasteiger partial charge < -0.3 is 4.90 Å². The maximum atomic E-state index is 13.1. The van der Waals surface area contributed by atoms with Crippen molar-refractivity contribution in [3.63, 3.8) is 0 Å². The number of carbonyl (C=O) groups excluding carboxylic acids is 1. The van der Waals surface area contributed by atoms with E-state index in [0.717, 1.165) is 16.9 Å². The Balaban J connectivity index is 1.61. The molecule has 0 spiro atoms. The van der Waals surface area contributed by atoms with Crippen LogP contribution >= 0.6 is 11.8 Å². The molecule has 4 rings (SSSR count). The number of aromatic nitrogens is 3. The minimum atomic E-state index is -3.64. The van der Waals surface area contributed by atoms with Crippen LogP contribution < -0.4 is 4.90 Å². The minimum absolute atomic E-state index is 0.0693. The topological polar surface area (TPSA) is 85.2 Å². The maximum absolute atomic E-state index is 13.1. The van der Waals surface area contributed by atoms with E-state index in [1.807, 2.05) is 74.5 Å². The normalized spacial score (nSPS) is 11.4. The minimum Gasteiger partial charge on any atom is -0.312 e. The highest BCUT2D eigenvalue weighted by Crippen LogP contribution is 2.26. The van der Waals surface area contributed by atoms with Gasteiger partial charge in [-0.2, -0.15) is 0 Å². The number of amides is 1. The van der Waals surface area contributed by atoms with Gasteiger partial charge in [0, 0.05) is 17.9 Å². The number of benzene rings is 3. The van der Waals surface area contributed by atoms with Crippen molar-refractivity contribution in [1.29, 1.82) is 0 Å². The van der Waals surface area contributed by atoms with Gasteiger partial charge in [-0.25, -0.2) is 8.42 Å². The Morgan fingerprint density at radius 2 is 1.54 bits per heavy atom. The van der Waals surface area contributed by atoms with Gasteiger partial charge >= 0.3 is 0 Å². The summed E-state index contributed by atoms with van der Waals surface area (Å²) in [5.74, 6) is 0.0537. The van der Waals surface area contributed by atoms with Gasteiger partial charge in [0.2, 0.25) is 5.91 Å². The first-order chi connectivity index (χ1) is 16.9. The number of aryl methyl sites for hydroxylation is 1. The lowest BCUT2D eigenvalue weighted by Crippen LogP contribution is -2.32. The van der Waals surface area contributed by atoms with Crippen molar-refractivity contribution in [2.24, 2.45) is 0 Å². The quantitative estimate of drug-likeness (QED) is 0.306. The van der Waals surface area contributed by atoms with Crippen molar-refractivity contribution >= 4 is 33.2 Å². The summed E-state index contributed by atoms with van der Waals surface area (Å²) in [4.78, 5) is 14.9. The zero-order chi connectivity index (χ0) is 24.8. The van der Waals surface area contributed by atoms with Crippen molar-refractivity contribution in [2.45, 2.75) is 29.7 Å². The Hall–Kier alpha value is -3.43. The molecule has 1 heterocycles. The number of rotatable bonds is 9. The highest BCUT2D eigenvalue weighted by atomic mass is 32.2. The second-order valence-corrected chi connectivity index (χ2v) is 10.8. The van der Waals surface area contributed by atoms with Crippen molar-refractivity contribution in [3.05, 3.63) is 96.3 Å². The molecule has 0 aliphatic heterocycles. The molecule has 0 saturated heterocycles. The van der Waals surface area contributed by atoms with Gasteiger partial charge in [0.25, 0.3) is 0 Å². The van der Waals surface area contributed by atoms with Crippen molar-refractivity contribution in [1.82, 2.24) is 14.8 Å². The summed E-state index contributed by atoms with van der Waals surface area (Å²) in [7, 11) is -3.64. The SMILES string of the molecule is CCN(C(=O)CSc1nnc(CS(=O)(=O)c2ccc(C)cc2)n1-c1ccccc1)c1ccccc1. The molecule has 35 heavy (non-hydrogen) atoms. The van der Waals surface area contributed by atoms with Crippen LogP contribution in [0.4, 0.5) is 5.69 Å². The summed E-state index contributed by atoms with van der Waals surface area (Å²) in [6.07, 6.45) is 0. The lowest BCUT2D eigenvalue weighted by Gasteiger charge is -2.20. The lowest BCUT2D eigenvalue weighted by molar-refractivity contribution is -0.116. The van der Waals surface area contributed by atoms with E-state index < -0.39 is 9.84 Å². The number of sulfone groups is 1. The van der Waals surface area contributed by atoms with Crippen LogP contribution in [0, 0.1) is 6.92 Å². The number of carbonyl (C=O) groups is 1. The molecule has 0 radical (unpaired) electrons. The number of para-hydroxylation sites is 2. The molecular weight excluding hydrogens is 480 g/mol. The first kappa shape index (κ1) is 24.7. The van der Waals surface area contributed by atoms with Crippen molar-refractivity contribution in [2.75, 3.05) is 17.2 Å². The second kappa shape index (κ2) is 10.9. The molecule has 0 aliphatic rings. The highest BCUT2D eigenvalue weighted by molar-refractivity contribution is 7.99. The van der Waals surface area contributed by atoms with Gasteiger partial charge in [-0.15, -0.1) is 10.2 Å². The van der Waals surface area contributed by atoms with Crippen LogP contribution in [0.5, 0.6) is 0 Å². The molecule has 7 nitrogen and oxygen atoms in total. The summed E-state index contributed by atoms with van der Waals surface area (Å²) >= 11 is 1.24. The molecule has 180 valence electrons. The molecule has 0 fully saturated rings. The van der Waals surface area contributed by atoms with Gasteiger partial charge in [-0.1, -0.05) is 65.9 Å². The Kier molecular flexibility index (Phi) is 7.67. The molecule has 0 unspecified atom stereocenters. The van der Waals surface area contributed by atoms with Crippen LogP contribution in [0.1, 0.15) is 18.3 Å². The van der Waals surface area contributed by atoms with Crippen LogP contribution in [-0.2, 0) is 20.4 Å². The first-order valence-electron chi connectivity index (χ1n) is 11.2. The molecule has 1 amide bonds. The Bertz CT molecular complexity index is 1390. The van der Waals surface area contributed by atoms with E-state index in [2.05, 4.69) is 10.2 Å². The number of nitrogens with zero attached hydrogens (tertiary/aromatic N) is 4. The molecular formula is C26H26N4O3S2. The maximum Gasteiger partial charge on any atom is 0.237 e. The first-order valence-corrected chi connectivity index (χ1v) is 13.8. The fourth-order valence-corrected chi connectivity index (χ4v) is 5.73. The fourth-order valence-electron chi connectivity index (χ4n) is 3.64. The largest absolute Gasteiger partial charge is 0.312 e. The fraction of sp³-hybridized carbons (Fsp3) is 0.192. The van der Waals surface area contributed by atoms with Gasteiger partial charge in [-0.3, -0.25) is 9.36 Å². The summed E-state index contributed by atoms with van der Waals surface area (Å²) in [5.41, 5.74) is 2.54. The molecule has 3 aromatic carbocycles. The van der Waals surface area contributed by atoms with Gasteiger partial charge in [0.05, 0.1) is 10.6 Å². The van der Waals surface area contributed by atoms with E-state index in [1.54, 1.807) is 33.7 Å². The molecule has 4 aromatic rings. The lowest BCUT2D eigenvalue weighted by atomic mass is 10.2. The van der Waals surface area contributed by atoms with E-state index in [0.29, 0.717) is 17.5 Å². The van der Waals surface area contributed by atoms with E-state index in [-0.39, 0.29) is 22.3 Å². The average molecular weight is 507 g/mol. The Morgan fingerprint density at radius 1 is 0.914 bits per heavy atom. The van der Waals surface area contributed by atoms with Crippen LogP contribution in [-0.4, -0.2) is 41.4 Å². The van der Waals surface area contributed by atoms with E-state index >= 15 is 0 Å².